The molecule has 0 fully saturated rings. The molecule has 2 rings (SSSR count). The fourth-order valence-electron chi connectivity index (χ4n) is 1.81. The Kier molecular flexibility index (Phi) is 4.32. The average Bonchev–Trinajstić information content (AvgIpc) is 2.40. The molecule has 1 nitrogen and oxygen atoms in total. The van der Waals surface area contributed by atoms with Gasteiger partial charge in [0.2, 0.25) is 0 Å². The van der Waals surface area contributed by atoms with Gasteiger partial charge < -0.3 is 0 Å². The Morgan fingerprint density at radius 2 is 1.83 bits per heavy atom. The predicted molar refractivity (Wildman–Crippen MR) is 78.0 cm³/mol. The predicted octanol–water partition coefficient (Wildman–Crippen LogP) is 4.57. The van der Waals surface area contributed by atoms with Crippen molar-refractivity contribution < 1.29 is 4.79 Å². The molecule has 92 valence electrons. The summed E-state index contributed by atoms with van der Waals surface area (Å²) in [5, 5.41) is 0. The van der Waals surface area contributed by atoms with Crippen LogP contribution in [-0.2, 0) is 6.42 Å². The maximum absolute atomic E-state index is 12.1. The molecule has 0 spiro atoms. The standard InChI is InChI=1S/C16H15BrO/c1-12-7-9-14(11-15(12)17)16(18)10-8-13-5-3-2-4-6-13/h2-7,9,11H,8,10H2,1H3. The van der Waals surface area contributed by atoms with E-state index in [0.717, 1.165) is 22.0 Å². The molecule has 0 radical (unpaired) electrons. The molecule has 2 aromatic rings. The molecule has 0 saturated carbocycles. The number of hydrogen-bond donors (Lipinski definition) is 0. The Morgan fingerprint density at radius 1 is 1.11 bits per heavy atom. The number of halogens is 1. The first kappa shape index (κ1) is 13.0. The zero-order chi connectivity index (χ0) is 13.0. The first-order valence-electron chi connectivity index (χ1n) is 6.00. The van der Waals surface area contributed by atoms with Crippen LogP contribution >= 0.6 is 15.9 Å². The third kappa shape index (κ3) is 3.30. The van der Waals surface area contributed by atoms with E-state index in [1.54, 1.807) is 0 Å². The topological polar surface area (TPSA) is 17.1 Å². The van der Waals surface area contributed by atoms with Gasteiger partial charge in [-0.25, -0.2) is 0 Å². The lowest BCUT2D eigenvalue weighted by Gasteiger charge is -2.04. The summed E-state index contributed by atoms with van der Waals surface area (Å²) < 4.78 is 0.994. The van der Waals surface area contributed by atoms with Crippen LogP contribution in [0.4, 0.5) is 0 Å². The second-order valence-electron chi connectivity index (χ2n) is 4.37. The smallest absolute Gasteiger partial charge is 0.163 e. The number of carbonyl (C=O) groups is 1. The van der Waals surface area contributed by atoms with Crippen molar-refractivity contribution in [3.63, 3.8) is 0 Å². The number of hydrogen-bond acceptors (Lipinski definition) is 1. The number of carbonyl (C=O) groups excluding carboxylic acids is 1. The molecule has 0 atom stereocenters. The van der Waals surface area contributed by atoms with Crippen LogP contribution in [0.1, 0.15) is 27.9 Å². The summed E-state index contributed by atoms with van der Waals surface area (Å²) in [6, 6.07) is 15.9. The van der Waals surface area contributed by atoms with E-state index in [-0.39, 0.29) is 5.78 Å². The molecule has 0 aromatic heterocycles. The van der Waals surface area contributed by atoms with Gasteiger partial charge in [0.25, 0.3) is 0 Å². The zero-order valence-electron chi connectivity index (χ0n) is 10.3. The number of benzene rings is 2. The van der Waals surface area contributed by atoms with Crippen LogP contribution in [0, 0.1) is 6.92 Å². The molecule has 0 aliphatic rings. The molecule has 0 saturated heterocycles. The molecule has 0 aliphatic heterocycles. The minimum atomic E-state index is 0.194. The largest absolute Gasteiger partial charge is 0.294 e. The van der Waals surface area contributed by atoms with Crippen molar-refractivity contribution >= 4 is 21.7 Å². The average molecular weight is 303 g/mol. The quantitative estimate of drug-likeness (QED) is 0.756. The van der Waals surface area contributed by atoms with E-state index in [1.807, 2.05) is 43.3 Å². The van der Waals surface area contributed by atoms with Crippen LogP contribution in [0.25, 0.3) is 0 Å². The van der Waals surface area contributed by atoms with Gasteiger partial charge >= 0.3 is 0 Å². The molecule has 0 bridgehead atoms. The monoisotopic (exact) mass is 302 g/mol. The molecule has 0 N–H and O–H groups in total. The molecular formula is C16H15BrO. The van der Waals surface area contributed by atoms with Crippen LogP contribution in [0.2, 0.25) is 0 Å². The summed E-state index contributed by atoms with van der Waals surface area (Å²) >= 11 is 3.46. The lowest BCUT2D eigenvalue weighted by molar-refractivity contribution is 0.0983. The van der Waals surface area contributed by atoms with Gasteiger partial charge in [0.05, 0.1) is 0 Å². The lowest BCUT2D eigenvalue weighted by atomic mass is 10.0. The first-order chi connectivity index (χ1) is 8.66. The van der Waals surface area contributed by atoms with E-state index in [9.17, 15) is 4.79 Å². The van der Waals surface area contributed by atoms with Gasteiger partial charge in [-0.05, 0) is 30.5 Å². The highest BCUT2D eigenvalue weighted by molar-refractivity contribution is 9.10. The van der Waals surface area contributed by atoms with Crippen molar-refractivity contribution in [1.82, 2.24) is 0 Å². The van der Waals surface area contributed by atoms with E-state index in [2.05, 4.69) is 28.1 Å². The van der Waals surface area contributed by atoms with Gasteiger partial charge in [-0.15, -0.1) is 0 Å². The molecule has 2 heteroatoms. The zero-order valence-corrected chi connectivity index (χ0v) is 11.9. The van der Waals surface area contributed by atoms with Gasteiger partial charge in [0.1, 0.15) is 0 Å². The highest BCUT2D eigenvalue weighted by Crippen LogP contribution is 2.19. The maximum Gasteiger partial charge on any atom is 0.163 e. The van der Waals surface area contributed by atoms with E-state index >= 15 is 0 Å². The highest BCUT2D eigenvalue weighted by Gasteiger charge is 2.07. The van der Waals surface area contributed by atoms with Gasteiger partial charge in [0, 0.05) is 16.5 Å². The molecule has 2 aromatic carbocycles. The van der Waals surface area contributed by atoms with E-state index < -0.39 is 0 Å². The molecule has 18 heavy (non-hydrogen) atoms. The van der Waals surface area contributed by atoms with Crippen LogP contribution in [0.5, 0.6) is 0 Å². The van der Waals surface area contributed by atoms with Gasteiger partial charge in [-0.2, -0.15) is 0 Å². The maximum atomic E-state index is 12.1. The summed E-state index contributed by atoms with van der Waals surface area (Å²) in [5.41, 5.74) is 3.13. The SMILES string of the molecule is Cc1ccc(C(=O)CCc2ccccc2)cc1Br. The van der Waals surface area contributed by atoms with Crippen LogP contribution < -0.4 is 0 Å². The van der Waals surface area contributed by atoms with Crippen molar-refractivity contribution in [1.29, 1.82) is 0 Å². The van der Waals surface area contributed by atoms with Crippen LogP contribution in [0.3, 0.4) is 0 Å². The molecular weight excluding hydrogens is 288 g/mol. The van der Waals surface area contributed by atoms with Crippen LogP contribution in [-0.4, -0.2) is 5.78 Å². The second kappa shape index (κ2) is 5.96. The summed E-state index contributed by atoms with van der Waals surface area (Å²) in [5.74, 6) is 0.194. The molecule has 0 amide bonds. The van der Waals surface area contributed by atoms with Crippen molar-refractivity contribution in [2.75, 3.05) is 0 Å². The van der Waals surface area contributed by atoms with Crippen molar-refractivity contribution in [3.8, 4) is 0 Å². The third-order valence-corrected chi connectivity index (χ3v) is 3.83. The number of Topliss-reactive ketones (excluding diaryl/α,β-unsaturated/α-hetero) is 1. The summed E-state index contributed by atoms with van der Waals surface area (Å²) in [6.45, 7) is 2.02. The number of aryl methyl sites for hydroxylation is 2. The number of ketones is 1. The molecule has 0 aliphatic carbocycles. The third-order valence-electron chi connectivity index (χ3n) is 2.98. The molecule has 0 heterocycles. The van der Waals surface area contributed by atoms with Gasteiger partial charge in [-0.3, -0.25) is 4.79 Å². The Morgan fingerprint density at radius 3 is 2.50 bits per heavy atom. The fourth-order valence-corrected chi connectivity index (χ4v) is 2.19. The second-order valence-corrected chi connectivity index (χ2v) is 5.23. The number of rotatable bonds is 4. The minimum absolute atomic E-state index is 0.194. The van der Waals surface area contributed by atoms with Crippen molar-refractivity contribution in [2.45, 2.75) is 19.8 Å². The van der Waals surface area contributed by atoms with E-state index in [4.69, 9.17) is 0 Å². The summed E-state index contributed by atoms with van der Waals surface area (Å²) in [6.07, 6.45) is 1.35. The fraction of sp³-hybridized carbons (Fsp3) is 0.188. The Bertz CT molecular complexity index is 546. The van der Waals surface area contributed by atoms with Crippen LogP contribution in [0.15, 0.2) is 53.0 Å². The van der Waals surface area contributed by atoms with Gasteiger partial charge in [-0.1, -0.05) is 58.4 Å². The first-order valence-corrected chi connectivity index (χ1v) is 6.79. The van der Waals surface area contributed by atoms with Gasteiger partial charge in [0.15, 0.2) is 5.78 Å². The van der Waals surface area contributed by atoms with E-state index in [1.165, 1.54) is 5.56 Å². The lowest BCUT2D eigenvalue weighted by Crippen LogP contribution is -2.01. The Labute approximate surface area is 116 Å². The normalized spacial score (nSPS) is 10.3. The van der Waals surface area contributed by atoms with E-state index in [0.29, 0.717) is 6.42 Å². The summed E-state index contributed by atoms with van der Waals surface area (Å²) in [4.78, 5) is 12.1. The molecule has 0 unspecified atom stereocenters. The van der Waals surface area contributed by atoms with Crippen molar-refractivity contribution in [3.05, 3.63) is 69.7 Å². The Hall–Kier alpha value is -1.41. The summed E-state index contributed by atoms with van der Waals surface area (Å²) in [7, 11) is 0. The van der Waals surface area contributed by atoms with Crippen molar-refractivity contribution in [2.24, 2.45) is 0 Å². The Balaban J connectivity index is 2.02. The minimum Gasteiger partial charge on any atom is -0.294 e. The highest BCUT2D eigenvalue weighted by atomic mass is 79.9.